The van der Waals surface area contributed by atoms with E-state index in [0.29, 0.717) is 22.5 Å². The largest absolute Gasteiger partial charge is 0.348 e. The van der Waals surface area contributed by atoms with E-state index in [2.05, 4.69) is 15.4 Å². The standard InChI is InChI=1S/C20H15FN6O3/c21-18-9-14(1-6-19(18)25-8-7-22-13-25)10-23-20(28)15-11-24-26(12-15)16-2-4-17(5-3-16)27(29)30/h1-9,11-13H,10H2,(H,23,28). The van der Waals surface area contributed by atoms with Gasteiger partial charge in [-0.15, -0.1) is 0 Å². The lowest BCUT2D eigenvalue weighted by molar-refractivity contribution is -0.384. The molecular formula is C20H15FN6O3. The van der Waals surface area contributed by atoms with Crippen molar-refractivity contribution in [1.82, 2.24) is 24.6 Å². The fourth-order valence-electron chi connectivity index (χ4n) is 2.86. The van der Waals surface area contributed by atoms with E-state index in [9.17, 15) is 19.3 Å². The number of hydrogen-bond acceptors (Lipinski definition) is 5. The second kappa shape index (κ2) is 7.95. The minimum Gasteiger partial charge on any atom is -0.348 e. The summed E-state index contributed by atoms with van der Waals surface area (Å²) in [6.07, 6.45) is 7.61. The molecule has 10 heteroatoms. The van der Waals surface area contributed by atoms with Crippen LogP contribution in [0.25, 0.3) is 11.4 Å². The van der Waals surface area contributed by atoms with Crippen LogP contribution in [0.4, 0.5) is 10.1 Å². The molecule has 0 spiro atoms. The Morgan fingerprint density at radius 2 is 2.00 bits per heavy atom. The van der Waals surface area contributed by atoms with Gasteiger partial charge in [0.2, 0.25) is 0 Å². The van der Waals surface area contributed by atoms with Gasteiger partial charge < -0.3 is 9.88 Å². The molecule has 0 aliphatic carbocycles. The maximum absolute atomic E-state index is 14.3. The fourth-order valence-corrected chi connectivity index (χ4v) is 2.86. The molecular weight excluding hydrogens is 391 g/mol. The van der Waals surface area contributed by atoms with Gasteiger partial charge in [-0.2, -0.15) is 5.10 Å². The predicted molar refractivity (Wildman–Crippen MR) is 105 cm³/mol. The lowest BCUT2D eigenvalue weighted by Gasteiger charge is -2.08. The molecule has 0 bridgehead atoms. The van der Waals surface area contributed by atoms with Crippen LogP contribution in [0.5, 0.6) is 0 Å². The maximum Gasteiger partial charge on any atom is 0.269 e. The van der Waals surface area contributed by atoms with Crippen molar-refractivity contribution < 1.29 is 14.1 Å². The summed E-state index contributed by atoms with van der Waals surface area (Å²) in [7, 11) is 0. The van der Waals surface area contributed by atoms with Crippen molar-refractivity contribution in [3.8, 4) is 11.4 Å². The Morgan fingerprint density at radius 3 is 2.67 bits per heavy atom. The molecule has 2 heterocycles. The van der Waals surface area contributed by atoms with Gasteiger partial charge in [-0.25, -0.2) is 14.1 Å². The first-order chi connectivity index (χ1) is 14.5. The summed E-state index contributed by atoms with van der Waals surface area (Å²) in [5.41, 5.74) is 1.83. The summed E-state index contributed by atoms with van der Waals surface area (Å²) >= 11 is 0. The van der Waals surface area contributed by atoms with Gasteiger partial charge in [-0.05, 0) is 29.8 Å². The molecule has 1 N–H and O–H groups in total. The molecule has 0 fully saturated rings. The van der Waals surface area contributed by atoms with Crippen molar-refractivity contribution >= 4 is 11.6 Å². The lowest BCUT2D eigenvalue weighted by Crippen LogP contribution is -2.22. The summed E-state index contributed by atoms with van der Waals surface area (Å²) in [6.45, 7) is 0.142. The van der Waals surface area contributed by atoms with Crippen molar-refractivity contribution in [2.24, 2.45) is 0 Å². The number of non-ortho nitro benzene ring substituents is 1. The highest BCUT2D eigenvalue weighted by atomic mass is 19.1. The highest BCUT2D eigenvalue weighted by Gasteiger charge is 2.12. The number of carbonyl (C=O) groups is 1. The van der Waals surface area contributed by atoms with Crippen LogP contribution in [0.3, 0.4) is 0 Å². The minimum absolute atomic E-state index is 0.0323. The number of amides is 1. The lowest BCUT2D eigenvalue weighted by atomic mass is 10.2. The topological polar surface area (TPSA) is 108 Å². The molecule has 0 saturated carbocycles. The number of nitro groups is 1. The number of nitrogens with one attached hydrogen (secondary N) is 1. The Hall–Kier alpha value is -4.34. The van der Waals surface area contributed by atoms with Crippen LogP contribution in [0.1, 0.15) is 15.9 Å². The first-order valence-corrected chi connectivity index (χ1v) is 8.86. The van der Waals surface area contributed by atoms with Crippen LogP contribution in [-0.2, 0) is 6.54 Å². The van der Waals surface area contributed by atoms with Crippen LogP contribution in [-0.4, -0.2) is 30.2 Å². The zero-order valence-electron chi connectivity index (χ0n) is 15.5. The Bertz CT molecular complexity index is 1200. The van der Waals surface area contributed by atoms with E-state index in [-0.39, 0.29) is 18.1 Å². The summed E-state index contributed by atoms with van der Waals surface area (Å²) in [5, 5.41) is 17.6. The smallest absolute Gasteiger partial charge is 0.269 e. The van der Waals surface area contributed by atoms with Gasteiger partial charge in [-0.1, -0.05) is 6.07 Å². The van der Waals surface area contributed by atoms with E-state index in [1.165, 1.54) is 53.7 Å². The average molecular weight is 406 g/mol. The number of nitrogens with zero attached hydrogens (tertiary/aromatic N) is 5. The van der Waals surface area contributed by atoms with Crippen LogP contribution in [0.2, 0.25) is 0 Å². The predicted octanol–water partition coefficient (Wildman–Crippen LogP) is 3.04. The number of rotatable bonds is 6. The van der Waals surface area contributed by atoms with Crippen molar-refractivity contribution in [2.45, 2.75) is 6.54 Å². The first-order valence-electron chi connectivity index (χ1n) is 8.86. The van der Waals surface area contributed by atoms with Crippen LogP contribution < -0.4 is 5.32 Å². The maximum atomic E-state index is 14.3. The third-order valence-corrected chi connectivity index (χ3v) is 4.42. The molecule has 0 aliphatic heterocycles. The molecule has 0 saturated heterocycles. The third kappa shape index (κ3) is 3.92. The number of nitro benzene ring substituents is 1. The molecule has 4 rings (SSSR count). The minimum atomic E-state index is -0.490. The van der Waals surface area contributed by atoms with Crippen molar-refractivity contribution in [1.29, 1.82) is 0 Å². The number of imidazole rings is 1. The van der Waals surface area contributed by atoms with Gasteiger partial charge in [0.25, 0.3) is 11.6 Å². The summed E-state index contributed by atoms with van der Waals surface area (Å²) in [6, 6.07) is 10.5. The summed E-state index contributed by atoms with van der Waals surface area (Å²) in [4.78, 5) is 26.5. The number of hydrogen-bond donors (Lipinski definition) is 1. The highest BCUT2D eigenvalue weighted by Crippen LogP contribution is 2.16. The number of carbonyl (C=O) groups excluding carboxylic acids is 1. The molecule has 0 atom stereocenters. The molecule has 0 unspecified atom stereocenters. The van der Waals surface area contributed by atoms with Gasteiger partial charge in [0.1, 0.15) is 5.82 Å². The summed E-state index contributed by atoms with van der Waals surface area (Å²) < 4.78 is 17.3. The van der Waals surface area contributed by atoms with E-state index >= 15 is 0 Å². The molecule has 4 aromatic rings. The van der Waals surface area contributed by atoms with Crippen molar-refractivity contribution in [2.75, 3.05) is 0 Å². The van der Waals surface area contributed by atoms with Crippen molar-refractivity contribution in [3.05, 3.63) is 101 Å². The van der Waals surface area contributed by atoms with Crippen LogP contribution in [0, 0.1) is 15.9 Å². The van der Waals surface area contributed by atoms with Crippen molar-refractivity contribution in [3.63, 3.8) is 0 Å². The van der Waals surface area contributed by atoms with E-state index in [1.54, 1.807) is 29.1 Å². The number of aromatic nitrogens is 4. The van der Waals surface area contributed by atoms with Crippen LogP contribution in [0.15, 0.2) is 73.6 Å². The number of halogens is 1. The monoisotopic (exact) mass is 406 g/mol. The third-order valence-electron chi connectivity index (χ3n) is 4.42. The van der Waals surface area contributed by atoms with Gasteiger partial charge >= 0.3 is 0 Å². The molecule has 150 valence electrons. The molecule has 9 nitrogen and oxygen atoms in total. The molecule has 1 amide bonds. The molecule has 0 radical (unpaired) electrons. The summed E-state index contributed by atoms with van der Waals surface area (Å²) in [5.74, 6) is -0.798. The van der Waals surface area contributed by atoms with E-state index < -0.39 is 10.7 Å². The Morgan fingerprint density at radius 1 is 1.20 bits per heavy atom. The Labute approximate surface area is 169 Å². The Kier molecular flexibility index (Phi) is 5.04. The van der Waals surface area contributed by atoms with E-state index in [4.69, 9.17) is 0 Å². The average Bonchev–Trinajstić information content (AvgIpc) is 3.44. The zero-order chi connectivity index (χ0) is 21.1. The fraction of sp³-hybridized carbons (Fsp3) is 0.0500. The van der Waals surface area contributed by atoms with Gasteiger partial charge in [0, 0.05) is 37.3 Å². The van der Waals surface area contributed by atoms with E-state index in [0.717, 1.165) is 0 Å². The molecule has 30 heavy (non-hydrogen) atoms. The van der Waals surface area contributed by atoms with Gasteiger partial charge in [0.05, 0.1) is 34.4 Å². The zero-order valence-corrected chi connectivity index (χ0v) is 15.5. The SMILES string of the molecule is O=C(NCc1ccc(-n2ccnc2)c(F)c1)c1cnn(-c2ccc([N+](=O)[O-])cc2)c1. The highest BCUT2D eigenvalue weighted by molar-refractivity contribution is 5.93. The second-order valence-corrected chi connectivity index (χ2v) is 6.39. The van der Waals surface area contributed by atoms with Crippen LogP contribution >= 0.6 is 0 Å². The quantitative estimate of drug-likeness (QED) is 0.391. The van der Waals surface area contributed by atoms with Gasteiger partial charge in [0.15, 0.2) is 0 Å². The second-order valence-electron chi connectivity index (χ2n) is 6.39. The normalized spacial score (nSPS) is 10.7. The molecule has 0 aliphatic rings. The first kappa shape index (κ1) is 19.0. The number of benzene rings is 2. The van der Waals surface area contributed by atoms with E-state index in [1.807, 2.05) is 0 Å². The molecule has 2 aromatic heterocycles. The molecule has 2 aromatic carbocycles. The van der Waals surface area contributed by atoms with Gasteiger partial charge in [-0.3, -0.25) is 14.9 Å². The Balaban J connectivity index is 1.41.